The van der Waals surface area contributed by atoms with Crippen molar-refractivity contribution in [2.45, 2.75) is 20.3 Å². The number of likely N-dealkylation sites (N-methyl/N-ethyl adjacent to an activating group) is 1. The number of benzene rings is 1. The first-order valence-electron chi connectivity index (χ1n) is 7.23. The number of hydrogen-bond acceptors (Lipinski definition) is 4. The third kappa shape index (κ3) is 3.40. The summed E-state index contributed by atoms with van der Waals surface area (Å²) in [5.41, 5.74) is 1.39. The van der Waals surface area contributed by atoms with E-state index in [2.05, 4.69) is 6.92 Å². The lowest BCUT2D eigenvalue weighted by atomic mass is 9.96. The van der Waals surface area contributed by atoms with E-state index in [0.29, 0.717) is 11.3 Å². The summed E-state index contributed by atoms with van der Waals surface area (Å²) in [6, 6.07) is 5.35. The molecule has 0 aromatic heterocycles. The molecule has 1 atom stereocenters. The summed E-state index contributed by atoms with van der Waals surface area (Å²) >= 11 is 1.79. The highest BCUT2D eigenvalue weighted by Gasteiger charge is 2.25. The highest BCUT2D eigenvalue weighted by Crippen LogP contribution is 2.33. The van der Waals surface area contributed by atoms with Crippen LogP contribution in [0.2, 0.25) is 0 Å². The van der Waals surface area contributed by atoms with E-state index in [-0.39, 0.29) is 24.2 Å². The number of ether oxygens (including phenoxy) is 1. The fraction of sp³-hybridized carbons (Fsp3) is 0.500. The molecule has 1 aromatic carbocycles. The second kappa shape index (κ2) is 6.98. The van der Waals surface area contributed by atoms with Crippen LogP contribution in [0.1, 0.15) is 30.6 Å². The van der Waals surface area contributed by atoms with Crippen molar-refractivity contribution < 1.29 is 14.3 Å². The van der Waals surface area contributed by atoms with Crippen LogP contribution in [0.25, 0.3) is 0 Å². The van der Waals surface area contributed by atoms with Crippen molar-refractivity contribution in [1.82, 2.24) is 0 Å². The maximum atomic E-state index is 12.6. The predicted octanol–water partition coefficient (Wildman–Crippen LogP) is 3.00. The van der Waals surface area contributed by atoms with Gasteiger partial charge in [-0.05, 0) is 30.4 Å². The molecule has 0 saturated carbocycles. The molecule has 0 radical (unpaired) electrons. The highest BCUT2D eigenvalue weighted by molar-refractivity contribution is 7.99. The molecule has 1 amide bonds. The van der Waals surface area contributed by atoms with E-state index in [9.17, 15) is 9.59 Å². The minimum Gasteiger partial charge on any atom is -0.482 e. The molecule has 2 rings (SSSR count). The third-order valence-corrected chi connectivity index (χ3v) is 4.76. The molecule has 0 saturated heterocycles. The maximum absolute atomic E-state index is 12.6. The van der Waals surface area contributed by atoms with Crippen LogP contribution < -0.4 is 9.64 Å². The van der Waals surface area contributed by atoms with E-state index < -0.39 is 0 Å². The molecule has 5 heteroatoms. The summed E-state index contributed by atoms with van der Waals surface area (Å²) in [7, 11) is 1.72. The smallest absolute Gasteiger partial charge is 0.264 e. The Morgan fingerprint density at radius 3 is 2.86 bits per heavy atom. The van der Waals surface area contributed by atoms with E-state index in [4.69, 9.17) is 4.74 Å². The minimum absolute atomic E-state index is 0.0318. The number of thioether (sulfide) groups is 1. The van der Waals surface area contributed by atoms with E-state index >= 15 is 0 Å². The van der Waals surface area contributed by atoms with E-state index in [1.807, 2.05) is 6.92 Å². The van der Waals surface area contributed by atoms with Gasteiger partial charge in [0.05, 0.1) is 5.69 Å². The molecule has 21 heavy (non-hydrogen) atoms. The molecule has 0 fully saturated rings. The summed E-state index contributed by atoms with van der Waals surface area (Å²) in [6.45, 7) is 4.17. The van der Waals surface area contributed by atoms with Crippen LogP contribution in [0.4, 0.5) is 5.69 Å². The van der Waals surface area contributed by atoms with Crippen LogP contribution in [0, 0.1) is 5.92 Å². The molecule has 0 aliphatic carbocycles. The van der Waals surface area contributed by atoms with Crippen molar-refractivity contribution in [1.29, 1.82) is 0 Å². The predicted molar refractivity (Wildman–Crippen MR) is 86.5 cm³/mol. The molecule has 1 unspecified atom stereocenters. The van der Waals surface area contributed by atoms with Crippen molar-refractivity contribution in [3.8, 4) is 5.75 Å². The van der Waals surface area contributed by atoms with Gasteiger partial charge < -0.3 is 9.64 Å². The first kappa shape index (κ1) is 15.9. The number of hydrogen-bond donors (Lipinski definition) is 0. The highest BCUT2D eigenvalue weighted by atomic mass is 32.2. The molecule has 114 valence electrons. The van der Waals surface area contributed by atoms with E-state index in [1.54, 1.807) is 41.9 Å². The second-order valence-electron chi connectivity index (χ2n) is 5.05. The van der Waals surface area contributed by atoms with Crippen molar-refractivity contribution in [3.05, 3.63) is 23.8 Å². The van der Waals surface area contributed by atoms with Crippen molar-refractivity contribution in [2.24, 2.45) is 5.92 Å². The van der Waals surface area contributed by atoms with Gasteiger partial charge >= 0.3 is 0 Å². The monoisotopic (exact) mass is 307 g/mol. The van der Waals surface area contributed by atoms with Crippen molar-refractivity contribution in [3.63, 3.8) is 0 Å². The topological polar surface area (TPSA) is 46.6 Å². The minimum atomic E-state index is -0.0765. The summed E-state index contributed by atoms with van der Waals surface area (Å²) in [4.78, 5) is 25.7. The lowest BCUT2D eigenvalue weighted by Crippen LogP contribution is -2.35. The molecular formula is C16H21NO3S. The molecule has 0 spiro atoms. The average molecular weight is 307 g/mol. The summed E-state index contributed by atoms with van der Waals surface area (Å²) in [6.07, 6.45) is 0.835. The Balaban J connectivity index is 2.21. The van der Waals surface area contributed by atoms with Gasteiger partial charge in [-0.2, -0.15) is 11.8 Å². The number of rotatable bonds is 6. The molecular weight excluding hydrogens is 286 g/mol. The molecule has 1 heterocycles. The molecule has 1 aliphatic rings. The van der Waals surface area contributed by atoms with E-state index in [0.717, 1.165) is 23.6 Å². The van der Waals surface area contributed by atoms with Gasteiger partial charge in [-0.3, -0.25) is 9.59 Å². The van der Waals surface area contributed by atoms with Crippen LogP contribution >= 0.6 is 11.8 Å². The second-order valence-corrected chi connectivity index (χ2v) is 6.37. The number of nitrogens with zero attached hydrogens (tertiary/aromatic N) is 1. The van der Waals surface area contributed by atoms with Crippen molar-refractivity contribution in [2.75, 3.05) is 30.1 Å². The zero-order valence-corrected chi connectivity index (χ0v) is 13.5. The molecule has 0 N–H and O–H groups in total. The Kier molecular flexibility index (Phi) is 5.28. The third-order valence-electron chi connectivity index (χ3n) is 3.72. The first-order valence-corrected chi connectivity index (χ1v) is 8.39. The molecule has 4 nitrogen and oxygen atoms in total. The Morgan fingerprint density at radius 1 is 1.43 bits per heavy atom. The lowest BCUT2D eigenvalue weighted by Gasteiger charge is -2.26. The normalized spacial score (nSPS) is 15.4. The number of carbonyl (C=O) groups excluding carboxylic acids is 2. The lowest BCUT2D eigenvalue weighted by molar-refractivity contribution is -0.120. The summed E-state index contributed by atoms with van der Waals surface area (Å²) < 4.78 is 5.44. The van der Waals surface area contributed by atoms with Crippen molar-refractivity contribution >= 4 is 29.1 Å². The number of amides is 1. The fourth-order valence-electron chi connectivity index (χ4n) is 2.31. The molecule has 1 aliphatic heterocycles. The van der Waals surface area contributed by atoms with Crippen LogP contribution in [-0.4, -0.2) is 36.9 Å². The quantitative estimate of drug-likeness (QED) is 0.758. The number of carbonyl (C=O) groups is 2. The average Bonchev–Trinajstić information content (AvgIpc) is 2.51. The molecule has 0 bridgehead atoms. The van der Waals surface area contributed by atoms with Gasteiger partial charge in [0.25, 0.3) is 5.91 Å². The summed E-state index contributed by atoms with van der Waals surface area (Å²) in [5, 5.41) is 0. The Hall–Kier alpha value is -1.49. The van der Waals surface area contributed by atoms with Crippen LogP contribution in [0.15, 0.2) is 18.2 Å². The summed E-state index contributed by atoms with van der Waals surface area (Å²) in [5.74, 6) is 2.60. The zero-order chi connectivity index (χ0) is 15.4. The van der Waals surface area contributed by atoms with E-state index in [1.165, 1.54) is 0 Å². The van der Waals surface area contributed by atoms with Crippen LogP contribution in [-0.2, 0) is 4.79 Å². The van der Waals surface area contributed by atoms with Gasteiger partial charge in [-0.1, -0.05) is 13.8 Å². The number of Topliss-reactive ketones (excluding diaryl/α,β-unsaturated/α-hetero) is 1. The number of ketones is 1. The fourth-order valence-corrected chi connectivity index (χ4v) is 3.21. The Bertz CT molecular complexity index is 544. The van der Waals surface area contributed by atoms with Gasteiger partial charge in [0.2, 0.25) is 0 Å². The standard InChI is InChI=1S/C16H21NO3S/c1-4-11(10-21-5-2)16(19)12-6-7-13-14(8-12)20-9-15(18)17(13)3/h6-8,11H,4-5,9-10H2,1-3H3. The number of fused-ring (bicyclic) bond motifs is 1. The van der Waals surface area contributed by atoms with Gasteiger partial charge in [0.15, 0.2) is 12.4 Å². The first-order chi connectivity index (χ1) is 10.1. The SMILES string of the molecule is CCSCC(CC)C(=O)c1ccc2c(c1)OCC(=O)N2C. The Labute approximate surface area is 129 Å². The zero-order valence-electron chi connectivity index (χ0n) is 12.7. The van der Waals surface area contributed by atoms with Crippen LogP contribution in [0.5, 0.6) is 5.75 Å². The van der Waals surface area contributed by atoms with Gasteiger partial charge in [0, 0.05) is 24.3 Å². The largest absolute Gasteiger partial charge is 0.482 e. The van der Waals surface area contributed by atoms with Crippen LogP contribution in [0.3, 0.4) is 0 Å². The number of anilines is 1. The molecule has 1 aromatic rings. The van der Waals surface area contributed by atoms with Gasteiger partial charge in [0.1, 0.15) is 5.75 Å². The van der Waals surface area contributed by atoms with Gasteiger partial charge in [-0.25, -0.2) is 0 Å². The van der Waals surface area contributed by atoms with Gasteiger partial charge in [-0.15, -0.1) is 0 Å². The Morgan fingerprint density at radius 2 is 2.19 bits per heavy atom. The maximum Gasteiger partial charge on any atom is 0.264 e.